The Morgan fingerprint density at radius 2 is 1.82 bits per heavy atom. The molecule has 0 spiro atoms. The number of amides is 2. The highest BCUT2D eigenvalue weighted by atomic mass is 19.1. The smallest absolute Gasteiger partial charge is 0.319 e. The Kier molecular flexibility index (Phi) is 5.24. The van der Waals surface area contributed by atoms with Crippen molar-refractivity contribution in [3.05, 3.63) is 59.9 Å². The van der Waals surface area contributed by atoms with Crippen molar-refractivity contribution in [2.24, 2.45) is 0 Å². The monoisotopic (exact) mass is 310 g/mol. The second-order valence-corrected chi connectivity index (χ2v) is 4.28. The van der Waals surface area contributed by atoms with Gasteiger partial charge in [-0.25, -0.2) is 18.0 Å². The highest BCUT2D eigenvalue weighted by Crippen LogP contribution is 2.17. The fraction of sp³-hybridized carbons (Fsp3) is 0.133. The first-order valence-corrected chi connectivity index (χ1v) is 6.43. The molecule has 2 aromatic rings. The summed E-state index contributed by atoms with van der Waals surface area (Å²) in [6.45, 7) is 0.0460. The molecular formula is C15H13F3N2O2. The van der Waals surface area contributed by atoms with Crippen molar-refractivity contribution in [1.82, 2.24) is 5.32 Å². The SMILES string of the molecule is O=C(NCCOc1ccc(F)cc1F)Nc1ccccc1F. The normalized spacial score (nSPS) is 10.1. The number of anilines is 1. The molecule has 0 aliphatic heterocycles. The van der Waals surface area contributed by atoms with E-state index < -0.39 is 23.5 Å². The van der Waals surface area contributed by atoms with Crippen molar-refractivity contribution < 1.29 is 22.7 Å². The van der Waals surface area contributed by atoms with Gasteiger partial charge in [-0.05, 0) is 24.3 Å². The van der Waals surface area contributed by atoms with Gasteiger partial charge in [0.2, 0.25) is 0 Å². The molecule has 0 aliphatic rings. The summed E-state index contributed by atoms with van der Waals surface area (Å²) in [4.78, 5) is 11.5. The average Bonchev–Trinajstić information content (AvgIpc) is 2.48. The van der Waals surface area contributed by atoms with Crippen molar-refractivity contribution in [2.45, 2.75) is 0 Å². The van der Waals surface area contributed by atoms with E-state index in [1.54, 1.807) is 6.07 Å². The summed E-state index contributed by atoms with van der Waals surface area (Å²) in [5, 5.41) is 4.74. The zero-order chi connectivity index (χ0) is 15.9. The number of hydrogen-bond donors (Lipinski definition) is 2. The van der Waals surface area contributed by atoms with Gasteiger partial charge in [0, 0.05) is 6.07 Å². The molecule has 0 aliphatic carbocycles. The molecule has 0 bridgehead atoms. The number of nitrogens with one attached hydrogen (secondary N) is 2. The predicted molar refractivity (Wildman–Crippen MR) is 75.3 cm³/mol. The lowest BCUT2D eigenvalue weighted by Crippen LogP contribution is -2.32. The fourth-order valence-electron chi connectivity index (χ4n) is 1.65. The van der Waals surface area contributed by atoms with E-state index in [9.17, 15) is 18.0 Å². The van der Waals surface area contributed by atoms with Crippen LogP contribution in [0.4, 0.5) is 23.7 Å². The lowest BCUT2D eigenvalue weighted by Gasteiger charge is -2.10. The molecule has 0 unspecified atom stereocenters. The third kappa shape index (κ3) is 4.41. The Morgan fingerprint density at radius 1 is 1.05 bits per heavy atom. The number of halogens is 3. The molecule has 0 atom stereocenters. The van der Waals surface area contributed by atoms with Crippen LogP contribution >= 0.6 is 0 Å². The van der Waals surface area contributed by atoms with Gasteiger partial charge in [-0.2, -0.15) is 0 Å². The Labute approximate surface area is 124 Å². The van der Waals surface area contributed by atoms with Crippen molar-refractivity contribution in [3.63, 3.8) is 0 Å². The maximum Gasteiger partial charge on any atom is 0.319 e. The number of ether oxygens (including phenoxy) is 1. The summed E-state index contributed by atoms with van der Waals surface area (Å²) in [7, 11) is 0. The molecule has 2 N–H and O–H groups in total. The number of hydrogen-bond acceptors (Lipinski definition) is 2. The Balaban J connectivity index is 1.74. The molecule has 0 radical (unpaired) electrons. The standard InChI is InChI=1S/C15H13F3N2O2/c16-10-5-6-14(12(18)9-10)22-8-7-19-15(21)20-13-4-2-1-3-11(13)17/h1-6,9H,7-8H2,(H2,19,20,21). The van der Waals surface area contributed by atoms with Gasteiger partial charge >= 0.3 is 6.03 Å². The number of benzene rings is 2. The van der Waals surface area contributed by atoms with Crippen molar-refractivity contribution in [2.75, 3.05) is 18.5 Å². The average molecular weight is 310 g/mol. The molecule has 4 nitrogen and oxygen atoms in total. The van der Waals surface area contributed by atoms with Crippen LogP contribution in [0.25, 0.3) is 0 Å². The molecule has 116 valence electrons. The molecule has 2 amide bonds. The van der Waals surface area contributed by atoms with Crippen LogP contribution in [0.1, 0.15) is 0 Å². The third-order valence-electron chi connectivity index (χ3n) is 2.66. The van der Waals surface area contributed by atoms with Gasteiger partial charge in [-0.3, -0.25) is 0 Å². The highest BCUT2D eigenvalue weighted by molar-refractivity contribution is 5.89. The number of rotatable bonds is 5. The third-order valence-corrected chi connectivity index (χ3v) is 2.66. The summed E-state index contributed by atoms with van der Waals surface area (Å²) in [6, 6.07) is 8.03. The Hall–Kier alpha value is -2.70. The van der Waals surface area contributed by atoms with Crippen molar-refractivity contribution in [3.8, 4) is 5.75 Å². The van der Waals surface area contributed by atoms with E-state index in [1.165, 1.54) is 18.2 Å². The molecule has 0 aromatic heterocycles. The Morgan fingerprint density at radius 3 is 2.55 bits per heavy atom. The van der Waals surface area contributed by atoms with Crippen molar-refractivity contribution in [1.29, 1.82) is 0 Å². The lowest BCUT2D eigenvalue weighted by atomic mass is 10.3. The van der Waals surface area contributed by atoms with Gasteiger partial charge in [-0.15, -0.1) is 0 Å². The van der Waals surface area contributed by atoms with Crippen LogP contribution in [0.3, 0.4) is 0 Å². The van der Waals surface area contributed by atoms with Crippen LogP contribution in [0.15, 0.2) is 42.5 Å². The summed E-state index contributed by atoms with van der Waals surface area (Å²) < 4.78 is 44.3. The van der Waals surface area contributed by atoms with Gasteiger partial charge in [0.05, 0.1) is 12.2 Å². The molecule has 0 fully saturated rings. The molecule has 0 saturated carbocycles. The predicted octanol–water partition coefficient (Wildman–Crippen LogP) is 3.30. The zero-order valence-corrected chi connectivity index (χ0v) is 11.4. The lowest BCUT2D eigenvalue weighted by molar-refractivity contribution is 0.246. The number of para-hydroxylation sites is 1. The van der Waals surface area contributed by atoms with E-state index in [0.717, 1.165) is 12.1 Å². The van der Waals surface area contributed by atoms with Gasteiger partial charge in [0.25, 0.3) is 0 Å². The van der Waals surface area contributed by atoms with E-state index >= 15 is 0 Å². The first-order chi connectivity index (χ1) is 10.6. The summed E-state index contributed by atoms with van der Waals surface area (Å²) >= 11 is 0. The Bertz CT molecular complexity index is 665. The van der Waals surface area contributed by atoms with Gasteiger partial charge in [-0.1, -0.05) is 12.1 Å². The first kappa shape index (κ1) is 15.7. The highest BCUT2D eigenvalue weighted by Gasteiger charge is 2.07. The summed E-state index contributed by atoms with van der Waals surface area (Å²) in [6.07, 6.45) is 0. The number of carbonyl (C=O) groups is 1. The van der Waals surface area contributed by atoms with E-state index in [1.807, 2.05) is 0 Å². The molecule has 0 saturated heterocycles. The minimum atomic E-state index is -0.823. The minimum Gasteiger partial charge on any atom is -0.489 e. The molecule has 2 aromatic carbocycles. The van der Waals surface area contributed by atoms with Gasteiger partial charge in [0.15, 0.2) is 11.6 Å². The van der Waals surface area contributed by atoms with Crippen LogP contribution in [-0.2, 0) is 0 Å². The van der Waals surface area contributed by atoms with Crippen molar-refractivity contribution >= 4 is 11.7 Å². The van der Waals surface area contributed by atoms with Gasteiger partial charge in [0.1, 0.15) is 18.2 Å². The summed E-state index contributed by atoms with van der Waals surface area (Å²) in [5.41, 5.74) is 0.0468. The molecule has 0 heterocycles. The van der Waals surface area contributed by atoms with E-state index in [2.05, 4.69) is 10.6 Å². The minimum absolute atomic E-state index is 0.0206. The van der Waals surface area contributed by atoms with Crippen LogP contribution < -0.4 is 15.4 Å². The largest absolute Gasteiger partial charge is 0.489 e. The number of carbonyl (C=O) groups excluding carboxylic acids is 1. The van der Waals surface area contributed by atoms with Crippen LogP contribution in [0.2, 0.25) is 0 Å². The van der Waals surface area contributed by atoms with Gasteiger partial charge < -0.3 is 15.4 Å². The van der Waals surface area contributed by atoms with E-state index in [-0.39, 0.29) is 24.6 Å². The first-order valence-electron chi connectivity index (χ1n) is 6.43. The summed E-state index contributed by atoms with van der Waals surface area (Å²) in [5.74, 6) is -2.19. The maximum absolute atomic E-state index is 13.3. The van der Waals surface area contributed by atoms with Crippen LogP contribution in [0, 0.1) is 17.5 Å². The molecule has 2 rings (SSSR count). The zero-order valence-electron chi connectivity index (χ0n) is 11.4. The molecule has 22 heavy (non-hydrogen) atoms. The number of urea groups is 1. The second-order valence-electron chi connectivity index (χ2n) is 4.28. The topological polar surface area (TPSA) is 50.4 Å². The maximum atomic E-state index is 13.3. The van der Waals surface area contributed by atoms with E-state index in [0.29, 0.717) is 6.07 Å². The second kappa shape index (κ2) is 7.35. The molecule has 7 heteroatoms. The quantitative estimate of drug-likeness (QED) is 0.833. The van der Waals surface area contributed by atoms with Crippen LogP contribution in [0.5, 0.6) is 5.75 Å². The van der Waals surface area contributed by atoms with Crippen LogP contribution in [-0.4, -0.2) is 19.2 Å². The van der Waals surface area contributed by atoms with E-state index in [4.69, 9.17) is 4.74 Å². The molecular weight excluding hydrogens is 297 g/mol. The fourth-order valence-corrected chi connectivity index (χ4v) is 1.65.